The molecule has 0 spiro atoms. The molecule has 1 saturated heterocycles. The lowest BCUT2D eigenvalue weighted by Crippen LogP contribution is -2.40. The number of hydrogen-bond donors (Lipinski definition) is 0. The van der Waals surface area contributed by atoms with Crippen molar-refractivity contribution >= 4 is 5.91 Å². The zero-order chi connectivity index (χ0) is 17.4. The van der Waals surface area contributed by atoms with Crippen molar-refractivity contribution in [2.24, 2.45) is 5.92 Å². The fourth-order valence-corrected chi connectivity index (χ4v) is 3.77. The number of nitrogens with zero attached hydrogens (tertiary/aromatic N) is 5. The summed E-state index contributed by atoms with van der Waals surface area (Å²) in [6.45, 7) is 6.32. The topological polar surface area (TPSA) is 63.9 Å². The van der Waals surface area contributed by atoms with E-state index in [0.717, 1.165) is 49.9 Å². The second-order valence-electron chi connectivity index (χ2n) is 7.41. The van der Waals surface area contributed by atoms with Crippen LogP contribution in [0.3, 0.4) is 0 Å². The van der Waals surface area contributed by atoms with Gasteiger partial charge in [0.05, 0.1) is 0 Å². The zero-order valence-electron chi connectivity index (χ0n) is 15.0. The summed E-state index contributed by atoms with van der Waals surface area (Å²) >= 11 is 0. The van der Waals surface area contributed by atoms with Gasteiger partial charge in [-0.25, -0.2) is 15.0 Å². The molecule has 1 aliphatic carbocycles. The van der Waals surface area contributed by atoms with Crippen molar-refractivity contribution in [2.45, 2.75) is 52.0 Å². The Morgan fingerprint density at radius 1 is 1.24 bits per heavy atom. The minimum absolute atomic E-state index is 0.0126. The predicted octanol–water partition coefficient (Wildman–Crippen LogP) is 2.72. The van der Waals surface area contributed by atoms with Crippen LogP contribution >= 0.6 is 0 Å². The number of amides is 1. The third kappa shape index (κ3) is 3.57. The van der Waals surface area contributed by atoms with E-state index in [1.54, 1.807) is 6.07 Å². The molecule has 2 fully saturated rings. The average Bonchev–Trinajstić information content (AvgIpc) is 3.28. The standard InChI is InChI=1S/C19H25N5O/c1-13-10-17(22-14(2)21-13)19(25)24-8-3-4-16(12-24)18-20-7-9-23(18)11-15-5-6-15/h7,9-10,15-16H,3-6,8,11-12H2,1-2H3/t16-/m0/s1. The number of imidazole rings is 1. The van der Waals surface area contributed by atoms with Gasteiger partial charge < -0.3 is 9.47 Å². The van der Waals surface area contributed by atoms with Crippen molar-refractivity contribution < 1.29 is 4.79 Å². The fraction of sp³-hybridized carbons (Fsp3) is 0.579. The maximum atomic E-state index is 12.9. The predicted molar refractivity (Wildman–Crippen MR) is 94.3 cm³/mol. The largest absolute Gasteiger partial charge is 0.337 e. The summed E-state index contributed by atoms with van der Waals surface area (Å²) in [5.74, 6) is 2.94. The molecule has 2 aromatic rings. The molecular weight excluding hydrogens is 314 g/mol. The summed E-state index contributed by atoms with van der Waals surface area (Å²) in [6, 6.07) is 1.78. The molecule has 132 valence electrons. The first kappa shape index (κ1) is 16.2. The van der Waals surface area contributed by atoms with Gasteiger partial charge in [0.15, 0.2) is 0 Å². The summed E-state index contributed by atoms with van der Waals surface area (Å²) in [7, 11) is 0. The van der Waals surface area contributed by atoms with Crippen LogP contribution in [0.15, 0.2) is 18.5 Å². The maximum Gasteiger partial charge on any atom is 0.272 e. The molecule has 2 aromatic heterocycles. The van der Waals surface area contributed by atoms with E-state index in [0.29, 0.717) is 17.4 Å². The summed E-state index contributed by atoms with van der Waals surface area (Å²) < 4.78 is 2.30. The summed E-state index contributed by atoms with van der Waals surface area (Å²) in [5, 5.41) is 0. The molecule has 0 aromatic carbocycles. The lowest BCUT2D eigenvalue weighted by atomic mass is 9.96. The maximum absolute atomic E-state index is 12.9. The van der Waals surface area contributed by atoms with Gasteiger partial charge in [0.1, 0.15) is 17.3 Å². The van der Waals surface area contributed by atoms with Crippen LogP contribution in [0.4, 0.5) is 0 Å². The third-order valence-corrected chi connectivity index (χ3v) is 5.16. The highest BCUT2D eigenvalue weighted by atomic mass is 16.2. The second kappa shape index (κ2) is 6.58. The molecule has 2 aliphatic rings. The van der Waals surface area contributed by atoms with Crippen LogP contribution < -0.4 is 0 Å². The Morgan fingerprint density at radius 2 is 2.08 bits per heavy atom. The highest BCUT2D eigenvalue weighted by Crippen LogP contribution is 2.33. The van der Waals surface area contributed by atoms with Gasteiger partial charge >= 0.3 is 0 Å². The lowest BCUT2D eigenvalue weighted by molar-refractivity contribution is 0.0696. The van der Waals surface area contributed by atoms with Gasteiger partial charge in [-0.05, 0) is 51.5 Å². The number of aryl methyl sites for hydroxylation is 2. The van der Waals surface area contributed by atoms with E-state index in [2.05, 4.69) is 25.7 Å². The van der Waals surface area contributed by atoms with Crippen LogP contribution in [0.5, 0.6) is 0 Å². The summed E-state index contributed by atoms with van der Waals surface area (Å²) in [4.78, 5) is 28.1. The summed E-state index contributed by atoms with van der Waals surface area (Å²) in [6.07, 6.45) is 8.75. The molecule has 25 heavy (non-hydrogen) atoms. The zero-order valence-corrected chi connectivity index (χ0v) is 15.0. The highest BCUT2D eigenvalue weighted by molar-refractivity contribution is 5.92. The molecule has 3 heterocycles. The Hall–Kier alpha value is -2.24. The van der Waals surface area contributed by atoms with E-state index in [1.807, 2.05) is 24.9 Å². The van der Waals surface area contributed by atoms with Gasteiger partial charge in [-0.1, -0.05) is 0 Å². The minimum atomic E-state index is 0.0126. The van der Waals surface area contributed by atoms with Crippen molar-refractivity contribution in [3.05, 3.63) is 41.5 Å². The van der Waals surface area contributed by atoms with Gasteiger partial charge in [0.25, 0.3) is 5.91 Å². The van der Waals surface area contributed by atoms with Crippen molar-refractivity contribution in [3.63, 3.8) is 0 Å². The van der Waals surface area contributed by atoms with Crippen LogP contribution in [-0.4, -0.2) is 43.4 Å². The Morgan fingerprint density at radius 3 is 2.84 bits per heavy atom. The molecule has 0 unspecified atom stereocenters. The van der Waals surface area contributed by atoms with E-state index in [4.69, 9.17) is 0 Å². The van der Waals surface area contributed by atoms with Gasteiger partial charge in [0, 0.05) is 43.6 Å². The Bertz CT molecular complexity index is 760. The monoisotopic (exact) mass is 339 g/mol. The van der Waals surface area contributed by atoms with Crippen LogP contribution in [-0.2, 0) is 6.54 Å². The van der Waals surface area contributed by atoms with E-state index < -0.39 is 0 Å². The molecule has 1 aliphatic heterocycles. The molecule has 1 amide bonds. The quantitative estimate of drug-likeness (QED) is 0.859. The molecule has 6 nitrogen and oxygen atoms in total. The first-order valence-electron chi connectivity index (χ1n) is 9.23. The van der Waals surface area contributed by atoms with E-state index >= 15 is 0 Å². The third-order valence-electron chi connectivity index (χ3n) is 5.16. The molecule has 0 N–H and O–H groups in total. The molecule has 0 radical (unpaired) electrons. The summed E-state index contributed by atoms with van der Waals surface area (Å²) in [5.41, 5.74) is 1.34. The normalized spacial score (nSPS) is 20.7. The van der Waals surface area contributed by atoms with Crippen LogP contribution in [0, 0.1) is 19.8 Å². The molecular formula is C19H25N5O. The SMILES string of the molecule is Cc1cc(C(=O)N2CCC[C@H](c3nccn3CC3CC3)C2)nc(C)n1. The number of rotatable bonds is 4. The van der Waals surface area contributed by atoms with Gasteiger partial charge in [-0.15, -0.1) is 0 Å². The number of piperidine rings is 1. The van der Waals surface area contributed by atoms with Crippen LogP contribution in [0.25, 0.3) is 0 Å². The number of carbonyl (C=O) groups is 1. The Kier molecular flexibility index (Phi) is 4.27. The second-order valence-corrected chi connectivity index (χ2v) is 7.41. The van der Waals surface area contributed by atoms with Crippen LogP contribution in [0.2, 0.25) is 0 Å². The van der Waals surface area contributed by atoms with Crippen LogP contribution in [0.1, 0.15) is 59.4 Å². The first-order chi connectivity index (χ1) is 12.1. The van der Waals surface area contributed by atoms with Gasteiger partial charge in [0.2, 0.25) is 0 Å². The minimum Gasteiger partial charge on any atom is -0.337 e. The molecule has 1 saturated carbocycles. The number of aromatic nitrogens is 4. The van der Waals surface area contributed by atoms with Crippen molar-refractivity contribution in [1.29, 1.82) is 0 Å². The van der Waals surface area contributed by atoms with E-state index in [9.17, 15) is 4.79 Å². The van der Waals surface area contributed by atoms with Gasteiger partial charge in [-0.3, -0.25) is 4.79 Å². The van der Waals surface area contributed by atoms with E-state index in [-0.39, 0.29) is 5.91 Å². The molecule has 6 heteroatoms. The molecule has 0 bridgehead atoms. The van der Waals surface area contributed by atoms with Crippen molar-refractivity contribution in [1.82, 2.24) is 24.4 Å². The number of carbonyl (C=O) groups excluding carboxylic acids is 1. The number of hydrogen-bond acceptors (Lipinski definition) is 4. The van der Waals surface area contributed by atoms with E-state index in [1.165, 1.54) is 12.8 Å². The lowest BCUT2D eigenvalue weighted by Gasteiger charge is -2.32. The Labute approximate surface area is 148 Å². The average molecular weight is 339 g/mol. The van der Waals surface area contributed by atoms with Crippen molar-refractivity contribution in [3.8, 4) is 0 Å². The first-order valence-corrected chi connectivity index (χ1v) is 9.23. The van der Waals surface area contributed by atoms with Crippen molar-refractivity contribution in [2.75, 3.05) is 13.1 Å². The number of likely N-dealkylation sites (tertiary alicyclic amines) is 1. The van der Waals surface area contributed by atoms with Gasteiger partial charge in [-0.2, -0.15) is 0 Å². The molecule has 1 atom stereocenters. The Balaban J connectivity index is 1.50. The smallest absolute Gasteiger partial charge is 0.272 e. The molecule has 4 rings (SSSR count). The highest BCUT2D eigenvalue weighted by Gasteiger charge is 2.30. The fourth-order valence-electron chi connectivity index (χ4n) is 3.77.